The Bertz CT molecular complexity index is 706. The fourth-order valence-electron chi connectivity index (χ4n) is 2.99. The van der Waals surface area contributed by atoms with Crippen molar-refractivity contribution in [2.24, 2.45) is 0 Å². The summed E-state index contributed by atoms with van der Waals surface area (Å²) in [6, 6.07) is 11.7. The van der Waals surface area contributed by atoms with E-state index in [0.29, 0.717) is 0 Å². The standard InChI is InChI=1S/C18H20N2O/c1-12-6-3-7-14(13(12)2)18(21)20-11-5-8-15-16(19)9-4-10-17(15)20/h3-4,6-7,9-10H,5,8,11,19H2,1-2H3. The Hall–Kier alpha value is -2.29. The van der Waals surface area contributed by atoms with Gasteiger partial charge in [0.2, 0.25) is 0 Å². The highest BCUT2D eigenvalue weighted by Crippen LogP contribution is 2.32. The number of carbonyl (C=O) groups excluding carboxylic acids is 1. The van der Waals surface area contributed by atoms with Gasteiger partial charge < -0.3 is 10.6 Å². The number of anilines is 2. The Morgan fingerprint density at radius 2 is 1.90 bits per heavy atom. The van der Waals surface area contributed by atoms with Crippen LogP contribution in [0.5, 0.6) is 0 Å². The smallest absolute Gasteiger partial charge is 0.258 e. The van der Waals surface area contributed by atoms with Crippen LogP contribution in [0.2, 0.25) is 0 Å². The summed E-state index contributed by atoms with van der Waals surface area (Å²) in [6.07, 6.45) is 1.90. The first-order chi connectivity index (χ1) is 10.1. The highest BCUT2D eigenvalue weighted by molar-refractivity contribution is 6.08. The maximum atomic E-state index is 12.9. The van der Waals surface area contributed by atoms with Gasteiger partial charge in [-0.2, -0.15) is 0 Å². The topological polar surface area (TPSA) is 46.3 Å². The van der Waals surface area contributed by atoms with Gasteiger partial charge in [0.1, 0.15) is 0 Å². The van der Waals surface area contributed by atoms with E-state index in [-0.39, 0.29) is 5.91 Å². The molecule has 0 fully saturated rings. The van der Waals surface area contributed by atoms with Gasteiger partial charge in [0, 0.05) is 23.5 Å². The quantitative estimate of drug-likeness (QED) is 0.813. The zero-order valence-electron chi connectivity index (χ0n) is 12.5. The average Bonchev–Trinajstić information content (AvgIpc) is 2.49. The van der Waals surface area contributed by atoms with Gasteiger partial charge in [-0.25, -0.2) is 0 Å². The molecule has 0 spiro atoms. The third-order valence-corrected chi connectivity index (χ3v) is 4.37. The predicted octanol–water partition coefficient (Wildman–Crippen LogP) is 3.48. The van der Waals surface area contributed by atoms with E-state index in [9.17, 15) is 4.79 Å². The van der Waals surface area contributed by atoms with E-state index in [1.165, 1.54) is 0 Å². The molecule has 0 unspecified atom stereocenters. The SMILES string of the molecule is Cc1cccc(C(=O)N2CCCc3c(N)cccc32)c1C. The fourth-order valence-corrected chi connectivity index (χ4v) is 2.99. The first-order valence-electron chi connectivity index (χ1n) is 7.35. The molecule has 108 valence electrons. The van der Waals surface area contributed by atoms with E-state index in [1.54, 1.807) is 0 Å². The third kappa shape index (κ3) is 2.29. The van der Waals surface area contributed by atoms with E-state index < -0.39 is 0 Å². The second-order valence-electron chi connectivity index (χ2n) is 5.65. The number of nitrogen functional groups attached to an aromatic ring is 1. The zero-order valence-corrected chi connectivity index (χ0v) is 12.5. The highest BCUT2D eigenvalue weighted by atomic mass is 16.2. The molecule has 0 atom stereocenters. The summed E-state index contributed by atoms with van der Waals surface area (Å²) in [5.41, 5.74) is 11.9. The molecule has 2 N–H and O–H groups in total. The Morgan fingerprint density at radius 3 is 2.71 bits per heavy atom. The Morgan fingerprint density at radius 1 is 1.14 bits per heavy atom. The lowest BCUT2D eigenvalue weighted by atomic mass is 9.97. The van der Waals surface area contributed by atoms with Gasteiger partial charge in [0.25, 0.3) is 5.91 Å². The van der Waals surface area contributed by atoms with Crippen LogP contribution in [0.3, 0.4) is 0 Å². The largest absolute Gasteiger partial charge is 0.398 e. The molecule has 0 aromatic heterocycles. The monoisotopic (exact) mass is 280 g/mol. The molecule has 21 heavy (non-hydrogen) atoms. The van der Waals surface area contributed by atoms with Crippen molar-refractivity contribution < 1.29 is 4.79 Å². The number of hydrogen-bond donors (Lipinski definition) is 1. The first kappa shape index (κ1) is 13.7. The molecule has 3 heteroatoms. The summed E-state index contributed by atoms with van der Waals surface area (Å²) in [5, 5.41) is 0. The van der Waals surface area contributed by atoms with Gasteiger partial charge in [-0.05, 0) is 61.6 Å². The number of aryl methyl sites for hydroxylation is 1. The lowest BCUT2D eigenvalue weighted by molar-refractivity contribution is 0.0984. The summed E-state index contributed by atoms with van der Waals surface area (Å²) >= 11 is 0. The van der Waals surface area contributed by atoms with Crippen molar-refractivity contribution in [2.45, 2.75) is 26.7 Å². The first-order valence-corrected chi connectivity index (χ1v) is 7.35. The summed E-state index contributed by atoms with van der Waals surface area (Å²) in [4.78, 5) is 14.8. The molecule has 1 aliphatic rings. The summed E-state index contributed by atoms with van der Waals surface area (Å²) in [5.74, 6) is 0.0720. The molecule has 2 aromatic carbocycles. The van der Waals surface area contributed by atoms with Crippen molar-refractivity contribution in [1.29, 1.82) is 0 Å². The van der Waals surface area contributed by atoms with Gasteiger partial charge in [-0.1, -0.05) is 18.2 Å². The normalized spacial score (nSPS) is 13.9. The number of hydrogen-bond acceptors (Lipinski definition) is 2. The lowest BCUT2D eigenvalue weighted by Crippen LogP contribution is -2.36. The minimum absolute atomic E-state index is 0.0720. The highest BCUT2D eigenvalue weighted by Gasteiger charge is 2.25. The summed E-state index contributed by atoms with van der Waals surface area (Å²) in [6.45, 7) is 4.80. The second kappa shape index (κ2) is 5.24. The molecule has 1 amide bonds. The van der Waals surface area contributed by atoms with E-state index in [4.69, 9.17) is 5.73 Å². The Kier molecular flexibility index (Phi) is 3.42. The number of fused-ring (bicyclic) bond motifs is 1. The van der Waals surface area contributed by atoms with E-state index >= 15 is 0 Å². The Balaban J connectivity index is 2.05. The van der Waals surface area contributed by atoms with Crippen LogP contribution in [-0.2, 0) is 6.42 Å². The number of carbonyl (C=O) groups is 1. The molecule has 0 bridgehead atoms. The van der Waals surface area contributed by atoms with Gasteiger partial charge >= 0.3 is 0 Å². The summed E-state index contributed by atoms with van der Waals surface area (Å²) < 4.78 is 0. The van der Waals surface area contributed by atoms with Crippen LogP contribution in [-0.4, -0.2) is 12.5 Å². The zero-order chi connectivity index (χ0) is 15.0. The van der Waals surface area contributed by atoms with Gasteiger partial charge in [0.15, 0.2) is 0 Å². The van der Waals surface area contributed by atoms with Crippen molar-refractivity contribution in [3.63, 3.8) is 0 Å². The molecule has 0 radical (unpaired) electrons. The maximum absolute atomic E-state index is 12.9. The van der Waals surface area contributed by atoms with Crippen LogP contribution < -0.4 is 10.6 Å². The molecule has 1 heterocycles. The molecule has 1 aliphatic heterocycles. The van der Waals surface area contributed by atoms with Crippen molar-refractivity contribution in [3.05, 3.63) is 58.7 Å². The maximum Gasteiger partial charge on any atom is 0.258 e. The molecule has 0 saturated carbocycles. The van der Waals surface area contributed by atoms with Crippen LogP contribution in [0, 0.1) is 13.8 Å². The fraction of sp³-hybridized carbons (Fsp3) is 0.278. The van der Waals surface area contributed by atoms with Crippen LogP contribution in [0.4, 0.5) is 11.4 Å². The second-order valence-corrected chi connectivity index (χ2v) is 5.65. The molecule has 0 saturated heterocycles. The van der Waals surface area contributed by atoms with E-state index in [2.05, 4.69) is 0 Å². The Labute approximate surface area is 125 Å². The third-order valence-electron chi connectivity index (χ3n) is 4.37. The van der Waals surface area contributed by atoms with Gasteiger partial charge in [0.05, 0.1) is 0 Å². The van der Waals surface area contributed by atoms with Crippen LogP contribution in [0.25, 0.3) is 0 Å². The molecule has 0 aliphatic carbocycles. The van der Waals surface area contributed by atoms with Crippen LogP contribution in [0.1, 0.15) is 33.5 Å². The van der Waals surface area contributed by atoms with Crippen molar-refractivity contribution in [3.8, 4) is 0 Å². The van der Waals surface area contributed by atoms with Crippen molar-refractivity contribution in [2.75, 3.05) is 17.2 Å². The molecule has 3 nitrogen and oxygen atoms in total. The lowest BCUT2D eigenvalue weighted by Gasteiger charge is -2.31. The minimum Gasteiger partial charge on any atom is -0.398 e. The van der Waals surface area contributed by atoms with Crippen LogP contribution in [0.15, 0.2) is 36.4 Å². The predicted molar refractivity (Wildman–Crippen MR) is 86.8 cm³/mol. The van der Waals surface area contributed by atoms with E-state index in [0.717, 1.165) is 53.0 Å². The number of amides is 1. The number of nitrogens with zero attached hydrogens (tertiary/aromatic N) is 1. The van der Waals surface area contributed by atoms with Crippen molar-refractivity contribution in [1.82, 2.24) is 0 Å². The average molecular weight is 280 g/mol. The van der Waals surface area contributed by atoms with Crippen LogP contribution >= 0.6 is 0 Å². The van der Waals surface area contributed by atoms with E-state index in [1.807, 2.05) is 55.1 Å². The number of benzene rings is 2. The molecule has 2 aromatic rings. The molecule has 3 rings (SSSR count). The van der Waals surface area contributed by atoms with Gasteiger partial charge in [-0.15, -0.1) is 0 Å². The molecular weight excluding hydrogens is 260 g/mol. The number of rotatable bonds is 1. The van der Waals surface area contributed by atoms with Crippen molar-refractivity contribution >= 4 is 17.3 Å². The minimum atomic E-state index is 0.0720. The number of nitrogens with two attached hydrogens (primary N) is 1. The molecular formula is C18H20N2O. The summed E-state index contributed by atoms with van der Waals surface area (Å²) in [7, 11) is 0. The van der Waals surface area contributed by atoms with Gasteiger partial charge in [-0.3, -0.25) is 4.79 Å².